The van der Waals surface area contributed by atoms with Gasteiger partial charge in [0.25, 0.3) is 5.69 Å². The summed E-state index contributed by atoms with van der Waals surface area (Å²) in [6.07, 6.45) is 1.63. The minimum Gasteiger partial charge on any atom is -0.494 e. The predicted octanol–water partition coefficient (Wildman–Crippen LogP) is 2.58. The van der Waals surface area contributed by atoms with Gasteiger partial charge >= 0.3 is 0 Å². The Labute approximate surface area is 139 Å². The summed E-state index contributed by atoms with van der Waals surface area (Å²) in [4.78, 5) is 17.2. The minimum absolute atomic E-state index is 0.0606. The van der Waals surface area contributed by atoms with Crippen LogP contribution < -0.4 is 15.0 Å². The van der Waals surface area contributed by atoms with Crippen molar-refractivity contribution in [1.29, 1.82) is 0 Å². The zero-order valence-corrected chi connectivity index (χ0v) is 13.3. The van der Waals surface area contributed by atoms with Crippen molar-refractivity contribution in [3.8, 4) is 5.75 Å². The van der Waals surface area contributed by atoms with Crippen molar-refractivity contribution in [3.05, 3.63) is 46.6 Å². The van der Waals surface area contributed by atoms with Crippen LogP contribution in [0.4, 0.5) is 22.9 Å². The normalized spacial score (nSPS) is 14.3. The first-order valence-electron chi connectivity index (χ1n) is 7.56. The summed E-state index contributed by atoms with van der Waals surface area (Å²) in [7, 11) is 1.51. The Morgan fingerprint density at radius 3 is 2.75 bits per heavy atom. The van der Waals surface area contributed by atoms with Gasteiger partial charge in [-0.25, -0.2) is 4.98 Å². The number of hydrogen-bond donors (Lipinski definition) is 1. The number of ether oxygens (including phenoxy) is 2. The standard InChI is InChI=1S/C16H18N4O4/c1-23-15-11-13(20(21)22)12(18-16-4-2-3-5-17-16)10-14(15)19-6-8-24-9-7-19/h2-5,10-11H,6-9H2,1H3,(H,17,18). The molecule has 0 spiro atoms. The highest BCUT2D eigenvalue weighted by Gasteiger charge is 2.23. The van der Waals surface area contributed by atoms with Gasteiger partial charge in [-0.15, -0.1) is 0 Å². The van der Waals surface area contributed by atoms with E-state index in [1.54, 1.807) is 24.4 Å². The van der Waals surface area contributed by atoms with E-state index in [-0.39, 0.29) is 5.69 Å². The van der Waals surface area contributed by atoms with E-state index < -0.39 is 4.92 Å². The van der Waals surface area contributed by atoms with Crippen molar-refractivity contribution < 1.29 is 14.4 Å². The first-order valence-corrected chi connectivity index (χ1v) is 7.56. The van der Waals surface area contributed by atoms with E-state index in [0.29, 0.717) is 43.6 Å². The molecule has 1 aromatic carbocycles. The van der Waals surface area contributed by atoms with Crippen LogP contribution in [0.5, 0.6) is 5.75 Å². The van der Waals surface area contributed by atoms with E-state index in [4.69, 9.17) is 9.47 Å². The zero-order valence-electron chi connectivity index (χ0n) is 13.3. The van der Waals surface area contributed by atoms with Crippen LogP contribution in [0.2, 0.25) is 0 Å². The molecular weight excluding hydrogens is 312 g/mol. The molecule has 0 radical (unpaired) electrons. The molecule has 1 aromatic heterocycles. The fourth-order valence-corrected chi connectivity index (χ4v) is 2.60. The second-order valence-corrected chi connectivity index (χ2v) is 5.24. The van der Waals surface area contributed by atoms with Gasteiger partial charge < -0.3 is 19.7 Å². The molecule has 2 aromatic rings. The average Bonchev–Trinajstić information content (AvgIpc) is 2.63. The quantitative estimate of drug-likeness (QED) is 0.665. The van der Waals surface area contributed by atoms with Crippen LogP contribution in [0, 0.1) is 10.1 Å². The third-order valence-electron chi connectivity index (χ3n) is 3.77. The molecule has 126 valence electrons. The maximum absolute atomic E-state index is 11.4. The first kappa shape index (κ1) is 16.0. The van der Waals surface area contributed by atoms with Crippen LogP contribution in [0.25, 0.3) is 0 Å². The van der Waals surface area contributed by atoms with E-state index in [2.05, 4.69) is 15.2 Å². The Morgan fingerprint density at radius 2 is 2.12 bits per heavy atom. The average molecular weight is 330 g/mol. The molecule has 0 aliphatic carbocycles. The third-order valence-corrected chi connectivity index (χ3v) is 3.77. The van der Waals surface area contributed by atoms with Crippen LogP contribution in [0.3, 0.4) is 0 Å². The number of hydrogen-bond acceptors (Lipinski definition) is 7. The van der Waals surface area contributed by atoms with Gasteiger partial charge in [-0.05, 0) is 18.2 Å². The largest absolute Gasteiger partial charge is 0.494 e. The van der Waals surface area contributed by atoms with Crippen molar-refractivity contribution in [2.45, 2.75) is 0 Å². The van der Waals surface area contributed by atoms with Crippen molar-refractivity contribution in [1.82, 2.24) is 4.98 Å². The molecular formula is C16H18N4O4. The number of aromatic nitrogens is 1. The number of morpholine rings is 1. The predicted molar refractivity (Wildman–Crippen MR) is 90.2 cm³/mol. The van der Waals surface area contributed by atoms with Crippen molar-refractivity contribution in [3.63, 3.8) is 0 Å². The number of nitrogens with zero attached hydrogens (tertiary/aromatic N) is 3. The van der Waals surface area contributed by atoms with E-state index in [9.17, 15) is 10.1 Å². The van der Waals surface area contributed by atoms with Crippen molar-refractivity contribution >= 4 is 22.9 Å². The lowest BCUT2D eigenvalue weighted by Gasteiger charge is -2.30. The van der Waals surface area contributed by atoms with Crippen LogP contribution in [0.1, 0.15) is 0 Å². The molecule has 1 aliphatic rings. The van der Waals surface area contributed by atoms with Crippen LogP contribution in [-0.2, 0) is 4.74 Å². The number of pyridine rings is 1. The maximum atomic E-state index is 11.4. The maximum Gasteiger partial charge on any atom is 0.296 e. The molecule has 0 unspecified atom stereocenters. The van der Waals surface area contributed by atoms with E-state index in [0.717, 1.165) is 5.69 Å². The molecule has 24 heavy (non-hydrogen) atoms. The molecule has 1 aliphatic heterocycles. The summed E-state index contributed by atoms with van der Waals surface area (Å²) < 4.78 is 10.7. The van der Waals surface area contributed by atoms with Crippen LogP contribution >= 0.6 is 0 Å². The number of benzene rings is 1. The smallest absolute Gasteiger partial charge is 0.296 e. The summed E-state index contributed by atoms with van der Waals surface area (Å²) >= 11 is 0. The Hall–Kier alpha value is -2.87. The van der Waals surface area contributed by atoms with Gasteiger partial charge in [0.05, 0.1) is 37.0 Å². The van der Waals surface area contributed by atoms with Gasteiger partial charge in [0, 0.05) is 19.3 Å². The second-order valence-electron chi connectivity index (χ2n) is 5.24. The molecule has 8 nitrogen and oxygen atoms in total. The minimum atomic E-state index is -0.434. The summed E-state index contributed by atoms with van der Waals surface area (Å²) in [5.41, 5.74) is 1.11. The Bertz CT molecular complexity index is 718. The SMILES string of the molecule is COc1cc([N+](=O)[O-])c(Nc2ccccn2)cc1N1CCOCC1. The number of methoxy groups -OCH3 is 1. The highest BCUT2D eigenvalue weighted by Crippen LogP contribution is 2.39. The van der Waals surface area contributed by atoms with Crippen LogP contribution in [-0.4, -0.2) is 43.3 Å². The fourth-order valence-electron chi connectivity index (χ4n) is 2.60. The Balaban J connectivity index is 2.02. The molecule has 1 N–H and O–H groups in total. The Morgan fingerprint density at radius 1 is 1.33 bits per heavy atom. The number of rotatable bonds is 5. The lowest BCUT2D eigenvalue weighted by atomic mass is 10.2. The van der Waals surface area contributed by atoms with Gasteiger partial charge in [-0.3, -0.25) is 10.1 Å². The Kier molecular flexibility index (Phi) is 4.76. The second kappa shape index (κ2) is 7.14. The van der Waals surface area contributed by atoms with E-state index in [1.165, 1.54) is 13.2 Å². The molecule has 2 heterocycles. The van der Waals surface area contributed by atoms with Gasteiger partial charge in [0.2, 0.25) is 0 Å². The number of nitro groups is 1. The van der Waals surface area contributed by atoms with E-state index >= 15 is 0 Å². The summed E-state index contributed by atoms with van der Waals surface area (Å²) in [5.74, 6) is 1.01. The monoisotopic (exact) mass is 330 g/mol. The van der Waals surface area contributed by atoms with Gasteiger partial charge in [0.1, 0.15) is 17.3 Å². The summed E-state index contributed by atoms with van der Waals surface area (Å²) in [6, 6.07) is 8.52. The molecule has 1 fully saturated rings. The van der Waals surface area contributed by atoms with Gasteiger partial charge in [0.15, 0.2) is 0 Å². The fraction of sp³-hybridized carbons (Fsp3) is 0.312. The van der Waals surface area contributed by atoms with Crippen molar-refractivity contribution in [2.24, 2.45) is 0 Å². The number of nitrogens with one attached hydrogen (secondary N) is 1. The molecule has 0 saturated carbocycles. The molecule has 0 atom stereocenters. The highest BCUT2D eigenvalue weighted by atomic mass is 16.6. The van der Waals surface area contributed by atoms with Crippen LogP contribution in [0.15, 0.2) is 36.5 Å². The highest BCUT2D eigenvalue weighted by molar-refractivity contribution is 5.77. The molecule has 8 heteroatoms. The lowest BCUT2D eigenvalue weighted by molar-refractivity contribution is -0.384. The molecule has 1 saturated heterocycles. The van der Waals surface area contributed by atoms with Crippen molar-refractivity contribution in [2.75, 3.05) is 43.6 Å². The van der Waals surface area contributed by atoms with Gasteiger partial charge in [-0.1, -0.05) is 6.07 Å². The molecule has 3 rings (SSSR count). The lowest BCUT2D eigenvalue weighted by Crippen LogP contribution is -2.36. The third kappa shape index (κ3) is 3.38. The zero-order chi connectivity index (χ0) is 16.9. The number of nitro benzene ring substituents is 1. The molecule has 0 bridgehead atoms. The number of anilines is 3. The first-order chi connectivity index (χ1) is 11.7. The summed E-state index contributed by atoms with van der Waals surface area (Å²) in [6.45, 7) is 2.64. The summed E-state index contributed by atoms with van der Waals surface area (Å²) in [5, 5.41) is 14.4. The van der Waals surface area contributed by atoms with Gasteiger partial charge in [-0.2, -0.15) is 0 Å². The molecule has 0 amide bonds. The van der Waals surface area contributed by atoms with E-state index in [1.807, 2.05) is 6.07 Å². The topological polar surface area (TPSA) is 89.8 Å².